The van der Waals surface area contributed by atoms with E-state index in [-0.39, 0.29) is 11.7 Å². The van der Waals surface area contributed by atoms with E-state index >= 15 is 0 Å². The Morgan fingerprint density at radius 1 is 1.07 bits per heavy atom. The van der Waals surface area contributed by atoms with Gasteiger partial charge in [0.1, 0.15) is 0 Å². The van der Waals surface area contributed by atoms with E-state index in [0.717, 1.165) is 24.2 Å². The fourth-order valence-electron chi connectivity index (χ4n) is 2.47. The molecule has 1 atom stereocenters. The first-order chi connectivity index (χ1) is 12.6. The van der Waals surface area contributed by atoms with Crippen LogP contribution >= 0.6 is 11.6 Å². The molecule has 0 heterocycles. The molecule has 0 aliphatic carbocycles. The van der Waals surface area contributed by atoms with Crippen LogP contribution in [0.1, 0.15) is 23.6 Å². The predicted octanol–water partition coefficient (Wildman–Crippen LogP) is 5.17. The number of hydrogen-bond donors (Lipinski definition) is 2. The molecule has 0 aliphatic heterocycles. The number of nitrogens with zero attached hydrogens (tertiary/aromatic N) is 1. The predicted molar refractivity (Wildman–Crippen MR) is 101 cm³/mol. The number of anilines is 1. The van der Waals surface area contributed by atoms with Crippen LogP contribution in [0.25, 0.3) is 0 Å². The smallest absolute Gasteiger partial charge is 0.331 e. The lowest BCUT2D eigenvalue weighted by atomic mass is 10.0. The van der Waals surface area contributed by atoms with E-state index in [4.69, 9.17) is 11.6 Å². The molecule has 2 aromatic rings. The Hall–Kier alpha value is -2.25. The molecule has 2 aromatic carbocycles. The van der Waals surface area contributed by atoms with Crippen LogP contribution in [0.2, 0.25) is 5.02 Å². The summed E-state index contributed by atoms with van der Waals surface area (Å²) in [6.45, 7) is 0.744. The second-order valence-corrected chi connectivity index (χ2v) is 6.81. The van der Waals surface area contributed by atoms with Crippen molar-refractivity contribution in [2.24, 2.45) is 0 Å². The quantitative estimate of drug-likeness (QED) is 0.703. The topological polar surface area (TPSA) is 44.4 Å². The number of benzene rings is 2. The van der Waals surface area contributed by atoms with Crippen LogP contribution in [-0.2, 0) is 6.18 Å². The van der Waals surface area contributed by atoms with Gasteiger partial charge in [0, 0.05) is 10.7 Å². The number of rotatable bonds is 6. The molecule has 0 saturated carbocycles. The summed E-state index contributed by atoms with van der Waals surface area (Å²) >= 11 is 5.91. The lowest BCUT2D eigenvalue weighted by Crippen LogP contribution is -2.34. The van der Waals surface area contributed by atoms with E-state index in [2.05, 4.69) is 10.6 Å². The third-order valence-electron chi connectivity index (χ3n) is 3.91. The Balaban J connectivity index is 2.05. The molecule has 0 saturated heterocycles. The molecule has 0 aromatic heterocycles. The third kappa shape index (κ3) is 6.77. The van der Waals surface area contributed by atoms with Crippen molar-refractivity contribution in [1.29, 1.82) is 0 Å². The summed E-state index contributed by atoms with van der Waals surface area (Å²) in [7, 11) is 3.86. The highest BCUT2D eigenvalue weighted by molar-refractivity contribution is 6.30. The summed E-state index contributed by atoms with van der Waals surface area (Å²) in [6, 6.07) is 10.7. The largest absolute Gasteiger partial charge is 0.416 e. The molecule has 1 unspecified atom stereocenters. The second kappa shape index (κ2) is 9.10. The molecule has 2 amide bonds. The van der Waals surface area contributed by atoms with Gasteiger partial charge in [0.25, 0.3) is 0 Å². The Morgan fingerprint density at radius 3 is 2.19 bits per heavy atom. The first-order valence-electron chi connectivity index (χ1n) is 8.30. The first-order valence-corrected chi connectivity index (χ1v) is 8.68. The summed E-state index contributed by atoms with van der Waals surface area (Å²) < 4.78 is 37.8. The highest BCUT2D eigenvalue weighted by Gasteiger charge is 2.30. The number of hydrogen-bond acceptors (Lipinski definition) is 2. The molecule has 27 heavy (non-hydrogen) atoms. The maximum Gasteiger partial charge on any atom is 0.416 e. The van der Waals surface area contributed by atoms with Gasteiger partial charge < -0.3 is 15.5 Å². The molecule has 146 valence electrons. The molecular weight excluding hydrogens is 379 g/mol. The monoisotopic (exact) mass is 399 g/mol. The third-order valence-corrected chi connectivity index (χ3v) is 4.16. The van der Waals surface area contributed by atoms with Crippen LogP contribution in [0.3, 0.4) is 0 Å². The standard InChI is InChI=1S/C19H21ClF3N3O/c1-26(2)12-11-17(13-3-7-15(20)8-4-13)25-18(27)24-16-9-5-14(6-10-16)19(21,22)23/h3-10,17H,11-12H2,1-2H3,(H2,24,25,27). The van der Waals surface area contributed by atoms with Gasteiger partial charge in [-0.2, -0.15) is 13.2 Å². The van der Waals surface area contributed by atoms with Gasteiger partial charge in [-0.1, -0.05) is 23.7 Å². The van der Waals surface area contributed by atoms with Crippen molar-refractivity contribution >= 4 is 23.3 Å². The summed E-state index contributed by atoms with van der Waals surface area (Å²) in [4.78, 5) is 14.3. The van der Waals surface area contributed by atoms with E-state index in [1.165, 1.54) is 12.1 Å². The van der Waals surface area contributed by atoms with Gasteiger partial charge >= 0.3 is 12.2 Å². The van der Waals surface area contributed by atoms with Gasteiger partial charge in [0.05, 0.1) is 11.6 Å². The average Bonchev–Trinajstić information content (AvgIpc) is 2.59. The Labute approximate surface area is 161 Å². The van der Waals surface area contributed by atoms with E-state index < -0.39 is 17.8 Å². The van der Waals surface area contributed by atoms with Gasteiger partial charge in [-0.3, -0.25) is 0 Å². The van der Waals surface area contributed by atoms with Crippen molar-refractivity contribution in [2.75, 3.05) is 26.0 Å². The normalized spacial score (nSPS) is 12.7. The molecular formula is C19H21ClF3N3O. The number of nitrogens with one attached hydrogen (secondary N) is 2. The van der Waals surface area contributed by atoms with Crippen molar-refractivity contribution < 1.29 is 18.0 Å². The maximum atomic E-state index is 12.6. The van der Waals surface area contributed by atoms with Gasteiger partial charge in [-0.25, -0.2) is 4.79 Å². The van der Waals surface area contributed by atoms with Crippen LogP contribution in [0, 0.1) is 0 Å². The van der Waals surface area contributed by atoms with Crippen LogP contribution < -0.4 is 10.6 Å². The molecule has 0 radical (unpaired) electrons. The minimum Gasteiger partial charge on any atom is -0.331 e. The molecule has 0 aliphatic rings. The van der Waals surface area contributed by atoms with Gasteiger partial charge in [0.2, 0.25) is 0 Å². The molecule has 4 nitrogen and oxygen atoms in total. The van der Waals surface area contributed by atoms with Crippen LogP contribution in [0.15, 0.2) is 48.5 Å². The van der Waals surface area contributed by atoms with Crippen molar-refractivity contribution in [3.05, 3.63) is 64.7 Å². The Morgan fingerprint density at radius 2 is 1.67 bits per heavy atom. The molecule has 0 fully saturated rings. The fraction of sp³-hybridized carbons (Fsp3) is 0.316. The molecule has 2 N–H and O–H groups in total. The van der Waals surface area contributed by atoms with Crippen LogP contribution in [0.5, 0.6) is 0 Å². The van der Waals surface area contributed by atoms with Crippen molar-refractivity contribution in [3.8, 4) is 0 Å². The van der Waals surface area contributed by atoms with Crippen molar-refractivity contribution in [1.82, 2.24) is 10.2 Å². The van der Waals surface area contributed by atoms with Crippen molar-refractivity contribution in [3.63, 3.8) is 0 Å². The number of amides is 2. The van der Waals surface area contributed by atoms with E-state index in [0.29, 0.717) is 11.4 Å². The minimum absolute atomic E-state index is 0.265. The lowest BCUT2D eigenvalue weighted by Gasteiger charge is -2.21. The van der Waals surface area contributed by atoms with Crippen LogP contribution in [-0.4, -0.2) is 31.6 Å². The lowest BCUT2D eigenvalue weighted by molar-refractivity contribution is -0.137. The van der Waals surface area contributed by atoms with E-state index in [9.17, 15) is 18.0 Å². The highest BCUT2D eigenvalue weighted by Crippen LogP contribution is 2.29. The van der Waals surface area contributed by atoms with Gasteiger partial charge in [-0.05, 0) is 69.0 Å². The van der Waals surface area contributed by atoms with E-state index in [1.54, 1.807) is 12.1 Å². The van der Waals surface area contributed by atoms with Crippen LogP contribution in [0.4, 0.5) is 23.7 Å². The average molecular weight is 400 g/mol. The summed E-state index contributed by atoms with van der Waals surface area (Å²) in [6.07, 6.45) is -3.75. The Kier molecular flexibility index (Phi) is 7.10. The summed E-state index contributed by atoms with van der Waals surface area (Å²) in [5.74, 6) is 0. The van der Waals surface area contributed by atoms with Gasteiger partial charge in [-0.15, -0.1) is 0 Å². The highest BCUT2D eigenvalue weighted by atomic mass is 35.5. The number of halogens is 4. The molecule has 0 spiro atoms. The number of carbonyl (C=O) groups excluding carboxylic acids is 1. The molecule has 0 bridgehead atoms. The van der Waals surface area contributed by atoms with Crippen molar-refractivity contribution in [2.45, 2.75) is 18.6 Å². The molecule has 2 rings (SSSR count). The zero-order chi connectivity index (χ0) is 20.0. The van der Waals surface area contributed by atoms with Gasteiger partial charge in [0.15, 0.2) is 0 Å². The SMILES string of the molecule is CN(C)CCC(NC(=O)Nc1ccc(C(F)(F)F)cc1)c1ccc(Cl)cc1. The zero-order valence-electron chi connectivity index (χ0n) is 15.0. The minimum atomic E-state index is -4.41. The maximum absolute atomic E-state index is 12.6. The molecule has 8 heteroatoms. The second-order valence-electron chi connectivity index (χ2n) is 6.37. The first kappa shape index (κ1) is 21.1. The zero-order valence-corrected chi connectivity index (χ0v) is 15.7. The summed E-state index contributed by atoms with van der Waals surface area (Å²) in [5, 5.41) is 6.02. The Bertz CT molecular complexity index is 746. The number of urea groups is 1. The fourth-order valence-corrected chi connectivity index (χ4v) is 2.60. The number of carbonyl (C=O) groups is 1. The summed E-state index contributed by atoms with van der Waals surface area (Å²) in [5.41, 5.74) is 0.408. The van der Waals surface area contributed by atoms with E-state index in [1.807, 2.05) is 31.1 Å². The number of alkyl halides is 3.